The highest BCUT2D eigenvalue weighted by atomic mass is 35.5. The zero-order valence-electron chi connectivity index (χ0n) is 15.4. The smallest absolute Gasteiger partial charge is 0.234 e. The van der Waals surface area contributed by atoms with E-state index < -0.39 is 0 Å². The lowest BCUT2D eigenvalue weighted by molar-refractivity contribution is -0.123. The van der Waals surface area contributed by atoms with E-state index in [1.807, 2.05) is 11.0 Å². The van der Waals surface area contributed by atoms with Gasteiger partial charge in [-0.25, -0.2) is 8.78 Å². The lowest BCUT2D eigenvalue weighted by Crippen LogP contribution is -2.49. The Kier molecular flexibility index (Phi) is 8.63. The van der Waals surface area contributed by atoms with Gasteiger partial charge < -0.3 is 15.4 Å². The highest BCUT2D eigenvalue weighted by molar-refractivity contribution is 5.85. The maximum absolute atomic E-state index is 13.5. The Bertz CT molecular complexity index is 779. The second-order valence-corrected chi connectivity index (χ2v) is 6.40. The molecule has 5 nitrogen and oxygen atoms in total. The molecule has 2 aromatic rings. The largest absolute Gasteiger partial charge is 0.492 e. The zero-order chi connectivity index (χ0) is 19.1. The van der Waals surface area contributed by atoms with Gasteiger partial charge in [0.15, 0.2) is 0 Å². The van der Waals surface area contributed by atoms with Crippen molar-refractivity contribution in [3.8, 4) is 5.75 Å². The van der Waals surface area contributed by atoms with Crippen LogP contribution in [0.25, 0.3) is 0 Å². The molecule has 28 heavy (non-hydrogen) atoms. The molecule has 1 saturated heterocycles. The van der Waals surface area contributed by atoms with Crippen LogP contribution in [-0.4, -0.2) is 50.1 Å². The standard InChI is InChI=1S/C20H23F2N3O2.ClH/c21-16-4-1-3-15(11-16)19-13-23-7-9-25(19)14-20(26)24-8-10-27-18-6-2-5-17(22)12-18;/h1-6,11-12,19,23H,7-10,13-14H2,(H,24,26);1H. The number of carbonyl (C=O) groups is 1. The number of ether oxygens (including phenoxy) is 1. The van der Waals surface area contributed by atoms with Crippen LogP contribution >= 0.6 is 12.4 Å². The first kappa shape index (κ1) is 22.1. The van der Waals surface area contributed by atoms with Crippen molar-refractivity contribution >= 4 is 18.3 Å². The summed E-state index contributed by atoms with van der Waals surface area (Å²) in [5, 5.41) is 6.09. The summed E-state index contributed by atoms with van der Waals surface area (Å²) >= 11 is 0. The predicted octanol–water partition coefficient (Wildman–Crippen LogP) is 2.53. The lowest BCUT2D eigenvalue weighted by atomic mass is 10.0. The summed E-state index contributed by atoms with van der Waals surface area (Å²) in [7, 11) is 0. The minimum absolute atomic E-state index is 0. The molecule has 0 saturated carbocycles. The molecule has 1 amide bonds. The first-order chi connectivity index (χ1) is 13.1. The second kappa shape index (κ2) is 10.9. The summed E-state index contributed by atoms with van der Waals surface area (Å²) < 4.78 is 32.0. The maximum Gasteiger partial charge on any atom is 0.234 e. The van der Waals surface area contributed by atoms with Gasteiger partial charge in [0.05, 0.1) is 13.1 Å². The Morgan fingerprint density at radius 1 is 1.18 bits per heavy atom. The van der Waals surface area contributed by atoms with Gasteiger partial charge in [0.25, 0.3) is 0 Å². The summed E-state index contributed by atoms with van der Waals surface area (Å²) in [5.74, 6) is -0.339. The summed E-state index contributed by atoms with van der Waals surface area (Å²) in [5.41, 5.74) is 0.851. The SMILES string of the molecule is Cl.O=C(CN1CCNCC1c1cccc(F)c1)NCCOc1cccc(F)c1. The van der Waals surface area contributed by atoms with E-state index in [2.05, 4.69) is 10.6 Å². The number of halogens is 3. The van der Waals surface area contributed by atoms with Crippen LogP contribution in [-0.2, 0) is 4.79 Å². The van der Waals surface area contributed by atoms with Crippen molar-refractivity contribution in [3.05, 3.63) is 65.7 Å². The fourth-order valence-electron chi connectivity index (χ4n) is 3.13. The molecule has 152 valence electrons. The number of nitrogens with zero attached hydrogens (tertiary/aromatic N) is 1. The molecule has 2 N–H and O–H groups in total. The average Bonchev–Trinajstić information content (AvgIpc) is 2.66. The number of carbonyl (C=O) groups excluding carboxylic acids is 1. The van der Waals surface area contributed by atoms with Gasteiger partial charge in [-0.1, -0.05) is 18.2 Å². The van der Waals surface area contributed by atoms with Crippen LogP contribution in [0, 0.1) is 11.6 Å². The quantitative estimate of drug-likeness (QED) is 0.687. The molecule has 0 radical (unpaired) electrons. The number of rotatable bonds is 7. The Morgan fingerprint density at radius 3 is 2.68 bits per heavy atom. The highest BCUT2D eigenvalue weighted by Gasteiger charge is 2.25. The van der Waals surface area contributed by atoms with Crippen LogP contribution in [0.1, 0.15) is 11.6 Å². The maximum atomic E-state index is 13.5. The van der Waals surface area contributed by atoms with Crippen LogP contribution in [0.4, 0.5) is 8.78 Å². The van der Waals surface area contributed by atoms with E-state index in [1.165, 1.54) is 24.3 Å². The van der Waals surface area contributed by atoms with E-state index in [1.54, 1.807) is 18.2 Å². The van der Waals surface area contributed by atoms with Gasteiger partial charge in [0.2, 0.25) is 5.91 Å². The first-order valence-electron chi connectivity index (χ1n) is 8.97. The van der Waals surface area contributed by atoms with Gasteiger partial charge in [0.1, 0.15) is 24.0 Å². The number of nitrogens with one attached hydrogen (secondary N) is 2. The first-order valence-corrected chi connectivity index (χ1v) is 8.97. The van der Waals surface area contributed by atoms with E-state index in [9.17, 15) is 13.6 Å². The van der Waals surface area contributed by atoms with Crippen molar-refractivity contribution in [2.24, 2.45) is 0 Å². The molecular weight excluding hydrogens is 388 g/mol. The van der Waals surface area contributed by atoms with Crippen molar-refractivity contribution in [3.63, 3.8) is 0 Å². The van der Waals surface area contributed by atoms with Crippen LogP contribution in [0.2, 0.25) is 0 Å². The van der Waals surface area contributed by atoms with Crippen LogP contribution in [0.5, 0.6) is 5.75 Å². The van der Waals surface area contributed by atoms with Crippen molar-refractivity contribution in [2.45, 2.75) is 6.04 Å². The molecule has 8 heteroatoms. The third-order valence-corrected chi connectivity index (χ3v) is 4.42. The van der Waals surface area contributed by atoms with Gasteiger partial charge >= 0.3 is 0 Å². The van der Waals surface area contributed by atoms with Crippen LogP contribution in [0.15, 0.2) is 48.5 Å². The van der Waals surface area contributed by atoms with E-state index in [0.717, 1.165) is 12.1 Å². The highest BCUT2D eigenvalue weighted by Crippen LogP contribution is 2.22. The Morgan fingerprint density at radius 2 is 1.93 bits per heavy atom. The molecule has 1 unspecified atom stereocenters. The number of hydrogen-bond acceptors (Lipinski definition) is 4. The molecule has 1 aliphatic rings. The monoisotopic (exact) mass is 411 g/mol. The number of hydrogen-bond donors (Lipinski definition) is 2. The fourth-order valence-corrected chi connectivity index (χ4v) is 3.13. The predicted molar refractivity (Wildman–Crippen MR) is 106 cm³/mol. The van der Waals surface area contributed by atoms with Crippen LogP contribution < -0.4 is 15.4 Å². The van der Waals surface area contributed by atoms with E-state index >= 15 is 0 Å². The Labute approximate surface area is 169 Å². The summed E-state index contributed by atoms with van der Waals surface area (Å²) in [4.78, 5) is 14.3. The van der Waals surface area contributed by atoms with E-state index in [0.29, 0.717) is 25.4 Å². The van der Waals surface area contributed by atoms with Crippen molar-refractivity contribution in [1.29, 1.82) is 0 Å². The number of piperazine rings is 1. The second-order valence-electron chi connectivity index (χ2n) is 6.40. The van der Waals surface area contributed by atoms with E-state index in [-0.39, 0.29) is 49.1 Å². The summed E-state index contributed by atoms with van der Waals surface area (Å²) in [6.07, 6.45) is 0. The molecular formula is C20H24ClF2N3O2. The third-order valence-electron chi connectivity index (χ3n) is 4.42. The van der Waals surface area contributed by atoms with Crippen molar-refractivity contribution in [1.82, 2.24) is 15.5 Å². The van der Waals surface area contributed by atoms with Gasteiger partial charge in [-0.15, -0.1) is 12.4 Å². The normalized spacial score (nSPS) is 16.9. The van der Waals surface area contributed by atoms with Crippen LogP contribution in [0.3, 0.4) is 0 Å². The summed E-state index contributed by atoms with van der Waals surface area (Å²) in [6, 6.07) is 12.3. The van der Waals surface area contributed by atoms with Crippen molar-refractivity contribution in [2.75, 3.05) is 39.3 Å². The lowest BCUT2D eigenvalue weighted by Gasteiger charge is -2.36. The van der Waals surface area contributed by atoms with Gasteiger partial charge in [-0.3, -0.25) is 9.69 Å². The Balaban J connectivity index is 0.00000280. The third kappa shape index (κ3) is 6.44. The minimum Gasteiger partial charge on any atom is -0.492 e. The summed E-state index contributed by atoms with van der Waals surface area (Å²) in [6.45, 7) is 2.95. The molecule has 1 atom stereocenters. The van der Waals surface area contributed by atoms with Crippen molar-refractivity contribution < 1.29 is 18.3 Å². The molecule has 3 rings (SSSR count). The molecule has 2 aromatic carbocycles. The topological polar surface area (TPSA) is 53.6 Å². The Hall–Kier alpha value is -2.22. The zero-order valence-corrected chi connectivity index (χ0v) is 16.2. The number of amides is 1. The van der Waals surface area contributed by atoms with Gasteiger partial charge in [0, 0.05) is 31.7 Å². The molecule has 1 aliphatic heterocycles. The van der Waals surface area contributed by atoms with E-state index in [4.69, 9.17) is 4.74 Å². The molecule has 0 aromatic heterocycles. The number of benzene rings is 2. The van der Waals surface area contributed by atoms with Gasteiger partial charge in [-0.05, 0) is 29.8 Å². The van der Waals surface area contributed by atoms with Gasteiger partial charge in [-0.2, -0.15) is 0 Å². The molecule has 0 bridgehead atoms. The molecule has 0 spiro atoms. The minimum atomic E-state index is -0.362. The fraction of sp³-hybridized carbons (Fsp3) is 0.350. The average molecular weight is 412 g/mol. The molecule has 0 aliphatic carbocycles. The molecule has 1 heterocycles. The molecule has 1 fully saturated rings.